The number of amides is 1. The van der Waals surface area contributed by atoms with Gasteiger partial charge in [0, 0.05) is 11.6 Å². The highest BCUT2D eigenvalue weighted by molar-refractivity contribution is 7.17. The summed E-state index contributed by atoms with van der Waals surface area (Å²) in [5.41, 5.74) is 4.97. The summed E-state index contributed by atoms with van der Waals surface area (Å²) in [6, 6.07) is 12.2. The summed E-state index contributed by atoms with van der Waals surface area (Å²) in [6.45, 7) is 3.69. The summed E-state index contributed by atoms with van der Waals surface area (Å²) in [4.78, 5) is 17.5. The Morgan fingerprint density at radius 3 is 2.56 bits per heavy atom. The van der Waals surface area contributed by atoms with Crippen molar-refractivity contribution in [3.8, 4) is 5.75 Å². The number of carbonyl (C=O) groups is 1. The van der Waals surface area contributed by atoms with Crippen LogP contribution in [0.2, 0.25) is 0 Å². The second kappa shape index (κ2) is 7.04. The molecule has 6 heteroatoms. The number of nitrogens with one attached hydrogen (secondary N) is 2. The minimum atomic E-state index is -0.216. The Morgan fingerprint density at radius 2 is 1.85 bits per heavy atom. The Hall–Kier alpha value is -2.86. The molecule has 1 aliphatic rings. The lowest BCUT2D eigenvalue weighted by atomic mass is 10.1. The van der Waals surface area contributed by atoms with Gasteiger partial charge in [-0.05, 0) is 49.4 Å². The fourth-order valence-corrected chi connectivity index (χ4v) is 4.27. The van der Waals surface area contributed by atoms with Gasteiger partial charge in [-0.3, -0.25) is 4.79 Å². The van der Waals surface area contributed by atoms with Crippen molar-refractivity contribution in [2.75, 3.05) is 10.6 Å². The van der Waals surface area contributed by atoms with Crippen LogP contribution in [0.4, 0.5) is 10.8 Å². The van der Waals surface area contributed by atoms with Crippen LogP contribution in [0.5, 0.6) is 5.75 Å². The summed E-state index contributed by atoms with van der Waals surface area (Å²) >= 11 is 1.34. The third-order valence-corrected chi connectivity index (χ3v) is 5.92. The molecule has 138 valence electrons. The number of rotatable bonds is 4. The lowest BCUT2D eigenvalue weighted by molar-refractivity contribution is 0.103. The SMILES string of the molecule is Cc1ccc(O)c(C)c1NC(=O)c1cnc(NC2Cc3ccccc3C2)s1. The Labute approximate surface area is 162 Å². The van der Waals surface area contributed by atoms with E-state index in [0.29, 0.717) is 22.2 Å². The normalized spacial score (nSPS) is 13.4. The van der Waals surface area contributed by atoms with Crippen LogP contribution < -0.4 is 10.6 Å². The second-order valence-electron chi connectivity index (χ2n) is 6.90. The van der Waals surface area contributed by atoms with Gasteiger partial charge in [-0.2, -0.15) is 0 Å². The number of aromatic nitrogens is 1. The van der Waals surface area contributed by atoms with Crippen LogP contribution in [0.15, 0.2) is 42.6 Å². The van der Waals surface area contributed by atoms with Crippen LogP contribution in [-0.2, 0) is 12.8 Å². The number of aromatic hydroxyl groups is 1. The van der Waals surface area contributed by atoms with Gasteiger partial charge in [-0.15, -0.1) is 0 Å². The number of aryl methyl sites for hydroxylation is 1. The lowest BCUT2D eigenvalue weighted by Gasteiger charge is -2.12. The molecule has 1 amide bonds. The molecule has 0 atom stereocenters. The van der Waals surface area contributed by atoms with Crippen molar-refractivity contribution in [1.29, 1.82) is 0 Å². The van der Waals surface area contributed by atoms with Crippen LogP contribution in [0.1, 0.15) is 31.9 Å². The third kappa shape index (κ3) is 3.53. The smallest absolute Gasteiger partial charge is 0.267 e. The highest BCUT2D eigenvalue weighted by Gasteiger charge is 2.22. The molecule has 0 saturated carbocycles. The zero-order valence-corrected chi connectivity index (χ0v) is 16.1. The maximum atomic E-state index is 12.6. The molecule has 0 fully saturated rings. The van der Waals surface area contributed by atoms with Crippen molar-refractivity contribution in [2.45, 2.75) is 32.7 Å². The third-order valence-electron chi connectivity index (χ3n) is 4.99. The summed E-state index contributed by atoms with van der Waals surface area (Å²) < 4.78 is 0. The zero-order valence-electron chi connectivity index (χ0n) is 15.2. The highest BCUT2D eigenvalue weighted by atomic mass is 32.1. The largest absolute Gasteiger partial charge is 0.508 e. The van der Waals surface area contributed by atoms with Gasteiger partial charge in [0.25, 0.3) is 5.91 Å². The van der Waals surface area contributed by atoms with Crippen molar-refractivity contribution in [1.82, 2.24) is 4.98 Å². The van der Waals surface area contributed by atoms with E-state index in [9.17, 15) is 9.90 Å². The number of carbonyl (C=O) groups excluding carboxylic acids is 1. The fraction of sp³-hybridized carbons (Fsp3) is 0.238. The van der Waals surface area contributed by atoms with Crippen molar-refractivity contribution in [3.05, 3.63) is 69.7 Å². The first-order valence-electron chi connectivity index (χ1n) is 8.91. The van der Waals surface area contributed by atoms with Gasteiger partial charge in [0.2, 0.25) is 0 Å². The van der Waals surface area contributed by atoms with Crippen molar-refractivity contribution >= 4 is 28.1 Å². The van der Waals surface area contributed by atoms with Crippen molar-refractivity contribution in [3.63, 3.8) is 0 Å². The van der Waals surface area contributed by atoms with Gasteiger partial charge >= 0.3 is 0 Å². The molecule has 5 nitrogen and oxygen atoms in total. The fourth-order valence-electron chi connectivity index (χ4n) is 3.48. The monoisotopic (exact) mass is 379 g/mol. The summed E-state index contributed by atoms with van der Waals surface area (Å²) in [5.74, 6) is -0.0459. The van der Waals surface area contributed by atoms with Crippen LogP contribution in [-0.4, -0.2) is 22.0 Å². The van der Waals surface area contributed by atoms with Gasteiger partial charge in [0.1, 0.15) is 10.6 Å². The minimum Gasteiger partial charge on any atom is -0.508 e. The molecular weight excluding hydrogens is 358 g/mol. The molecule has 0 aliphatic heterocycles. The van der Waals surface area contributed by atoms with Crippen molar-refractivity contribution in [2.24, 2.45) is 0 Å². The van der Waals surface area contributed by atoms with Gasteiger partial charge < -0.3 is 15.7 Å². The van der Waals surface area contributed by atoms with E-state index in [4.69, 9.17) is 0 Å². The van der Waals surface area contributed by atoms with E-state index < -0.39 is 0 Å². The van der Waals surface area contributed by atoms with Crippen LogP contribution in [0.25, 0.3) is 0 Å². The van der Waals surface area contributed by atoms with Crippen molar-refractivity contribution < 1.29 is 9.90 Å². The molecule has 0 radical (unpaired) electrons. The molecule has 0 saturated heterocycles. The number of hydrogen-bond acceptors (Lipinski definition) is 5. The van der Waals surface area contributed by atoms with E-state index in [1.807, 2.05) is 6.92 Å². The Morgan fingerprint density at radius 1 is 1.15 bits per heavy atom. The molecule has 0 unspecified atom stereocenters. The second-order valence-corrected chi connectivity index (χ2v) is 7.93. The maximum absolute atomic E-state index is 12.6. The predicted molar refractivity (Wildman–Crippen MR) is 109 cm³/mol. The number of benzene rings is 2. The van der Waals surface area contributed by atoms with E-state index in [2.05, 4.69) is 39.9 Å². The number of hydrogen-bond donors (Lipinski definition) is 3. The topological polar surface area (TPSA) is 74.2 Å². The Bertz CT molecular complexity index is 987. The number of anilines is 2. The first-order valence-corrected chi connectivity index (χ1v) is 9.72. The molecule has 0 bridgehead atoms. The first-order chi connectivity index (χ1) is 13.0. The molecule has 1 aliphatic carbocycles. The van der Waals surface area contributed by atoms with E-state index in [-0.39, 0.29) is 11.7 Å². The van der Waals surface area contributed by atoms with Gasteiger partial charge in [-0.25, -0.2) is 4.98 Å². The number of fused-ring (bicyclic) bond motifs is 1. The molecule has 1 heterocycles. The zero-order chi connectivity index (χ0) is 19.0. The summed E-state index contributed by atoms with van der Waals surface area (Å²) in [5, 5.41) is 17.0. The molecule has 1 aromatic heterocycles. The number of thiazole rings is 1. The number of phenolic OH excluding ortho intramolecular Hbond substituents is 1. The first kappa shape index (κ1) is 17.5. The number of nitrogens with zero attached hydrogens (tertiary/aromatic N) is 1. The lowest BCUT2D eigenvalue weighted by Crippen LogP contribution is -2.19. The van der Waals surface area contributed by atoms with Crippen LogP contribution in [0, 0.1) is 13.8 Å². The molecule has 27 heavy (non-hydrogen) atoms. The Kier molecular flexibility index (Phi) is 4.58. The molecular formula is C21H21N3O2S. The van der Waals surface area contributed by atoms with Gasteiger partial charge in [-0.1, -0.05) is 41.7 Å². The minimum absolute atomic E-state index is 0.170. The average Bonchev–Trinajstić information content (AvgIpc) is 3.28. The van der Waals surface area contributed by atoms with Crippen LogP contribution >= 0.6 is 11.3 Å². The molecule has 2 aromatic carbocycles. The number of phenols is 1. The highest BCUT2D eigenvalue weighted by Crippen LogP contribution is 2.30. The Balaban J connectivity index is 1.44. The van der Waals surface area contributed by atoms with Gasteiger partial charge in [0.05, 0.1) is 11.9 Å². The predicted octanol–water partition coefficient (Wildman–Crippen LogP) is 4.30. The van der Waals surface area contributed by atoms with Gasteiger partial charge in [0.15, 0.2) is 5.13 Å². The quantitative estimate of drug-likeness (QED) is 0.632. The molecule has 4 rings (SSSR count). The van der Waals surface area contributed by atoms with Crippen LogP contribution in [0.3, 0.4) is 0 Å². The maximum Gasteiger partial charge on any atom is 0.267 e. The molecule has 0 spiro atoms. The van der Waals surface area contributed by atoms with E-state index in [0.717, 1.165) is 23.5 Å². The van der Waals surface area contributed by atoms with E-state index in [1.165, 1.54) is 22.5 Å². The van der Waals surface area contributed by atoms with E-state index >= 15 is 0 Å². The molecule has 3 aromatic rings. The van der Waals surface area contributed by atoms with E-state index in [1.54, 1.807) is 25.3 Å². The summed E-state index contributed by atoms with van der Waals surface area (Å²) in [7, 11) is 0. The molecule has 3 N–H and O–H groups in total. The standard InChI is InChI=1S/C21H21N3O2S/c1-12-7-8-17(25)13(2)19(12)24-20(26)18-11-22-21(27-18)23-16-9-14-5-3-4-6-15(14)10-16/h3-8,11,16,25H,9-10H2,1-2H3,(H,22,23)(H,24,26). The average molecular weight is 379 g/mol. The summed E-state index contributed by atoms with van der Waals surface area (Å²) in [6.07, 6.45) is 3.54.